The molecule has 3 nitrogen and oxygen atoms in total. The molecule has 0 atom stereocenters. The summed E-state index contributed by atoms with van der Waals surface area (Å²) in [5.41, 5.74) is 0. The number of hydrogen-bond acceptors (Lipinski definition) is 3. The molecule has 72 valence electrons. The van der Waals surface area contributed by atoms with Gasteiger partial charge in [-0.05, 0) is 18.9 Å². The number of aromatic nitrogens is 2. The third-order valence-corrected chi connectivity index (χ3v) is 2.05. The highest BCUT2D eigenvalue weighted by atomic mass is 16.3. The van der Waals surface area contributed by atoms with Gasteiger partial charge in [-0.15, -0.1) is 0 Å². The average molecular weight is 180 g/mol. The van der Waals surface area contributed by atoms with Crippen molar-refractivity contribution < 1.29 is 5.11 Å². The normalized spacial score (nSPS) is 17.3. The Labute approximate surface area is 78.9 Å². The second-order valence-electron chi connectivity index (χ2n) is 3.20. The molecule has 2 rings (SSSR count). The van der Waals surface area contributed by atoms with Gasteiger partial charge >= 0.3 is 0 Å². The molecule has 0 aromatic carbocycles. The van der Waals surface area contributed by atoms with Gasteiger partial charge < -0.3 is 5.11 Å². The summed E-state index contributed by atoms with van der Waals surface area (Å²) in [5.74, 6) is 0. The Bertz CT molecular complexity index is 171. The third kappa shape index (κ3) is 5.31. The van der Waals surface area contributed by atoms with Crippen molar-refractivity contribution in [2.75, 3.05) is 0 Å². The van der Waals surface area contributed by atoms with Crippen LogP contribution in [0, 0.1) is 0 Å². The fourth-order valence-electron chi connectivity index (χ4n) is 1.33. The highest BCUT2D eigenvalue weighted by Crippen LogP contribution is 2.16. The Morgan fingerprint density at radius 2 is 1.62 bits per heavy atom. The van der Waals surface area contributed by atoms with Gasteiger partial charge in [0, 0.05) is 12.4 Å². The molecule has 0 aliphatic heterocycles. The summed E-state index contributed by atoms with van der Waals surface area (Å²) in [6, 6.07) is 1.78. The van der Waals surface area contributed by atoms with Gasteiger partial charge in [0.25, 0.3) is 0 Å². The lowest BCUT2D eigenvalue weighted by Crippen LogP contribution is -2.09. The van der Waals surface area contributed by atoms with Crippen molar-refractivity contribution in [2.45, 2.75) is 38.2 Å². The summed E-state index contributed by atoms with van der Waals surface area (Å²) >= 11 is 0. The highest BCUT2D eigenvalue weighted by molar-refractivity contribution is 4.74. The first-order chi connectivity index (χ1) is 6.39. The van der Waals surface area contributed by atoms with E-state index in [0.29, 0.717) is 0 Å². The van der Waals surface area contributed by atoms with Gasteiger partial charge in [-0.25, -0.2) is 9.97 Å². The lowest BCUT2D eigenvalue weighted by Gasteiger charge is -2.14. The Hall–Kier alpha value is -0.960. The van der Waals surface area contributed by atoms with E-state index in [2.05, 4.69) is 9.97 Å². The third-order valence-electron chi connectivity index (χ3n) is 2.05. The minimum absolute atomic E-state index is 0.0359. The van der Waals surface area contributed by atoms with E-state index in [0.717, 1.165) is 12.8 Å². The molecule has 1 aliphatic rings. The van der Waals surface area contributed by atoms with Crippen LogP contribution in [0.2, 0.25) is 0 Å². The summed E-state index contributed by atoms with van der Waals surface area (Å²) in [6.45, 7) is 0. The van der Waals surface area contributed by atoms with Crippen LogP contribution >= 0.6 is 0 Å². The maximum atomic E-state index is 8.91. The number of nitrogens with zero attached hydrogens (tertiary/aromatic N) is 2. The maximum Gasteiger partial charge on any atom is 0.115 e. The summed E-state index contributed by atoms with van der Waals surface area (Å²) in [5, 5.41) is 8.91. The van der Waals surface area contributed by atoms with Crippen LogP contribution in [-0.2, 0) is 0 Å². The van der Waals surface area contributed by atoms with E-state index in [9.17, 15) is 0 Å². The lowest BCUT2D eigenvalue weighted by atomic mass is 9.98. The van der Waals surface area contributed by atoms with Gasteiger partial charge in [0.1, 0.15) is 6.33 Å². The van der Waals surface area contributed by atoms with Crippen LogP contribution in [0.5, 0.6) is 0 Å². The van der Waals surface area contributed by atoms with E-state index < -0.39 is 0 Å². The monoisotopic (exact) mass is 180 g/mol. The van der Waals surface area contributed by atoms with Crippen LogP contribution in [0.4, 0.5) is 0 Å². The smallest absolute Gasteiger partial charge is 0.115 e. The number of rotatable bonds is 0. The van der Waals surface area contributed by atoms with Gasteiger partial charge in [-0.1, -0.05) is 19.3 Å². The maximum absolute atomic E-state index is 8.91. The number of aliphatic hydroxyl groups excluding tert-OH is 1. The zero-order valence-electron chi connectivity index (χ0n) is 7.76. The van der Waals surface area contributed by atoms with E-state index in [4.69, 9.17) is 5.11 Å². The molecule has 0 saturated heterocycles. The summed E-state index contributed by atoms with van der Waals surface area (Å²) in [7, 11) is 0. The molecule has 3 heteroatoms. The van der Waals surface area contributed by atoms with E-state index in [1.165, 1.54) is 25.6 Å². The zero-order chi connectivity index (χ0) is 9.36. The van der Waals surface area contributed by atoms with Crippen LogP contribution in [0.25, 0.3) is 0 Å². The molecule has 1 N–H and O–H groups in total. The molecular weight excluding hydrogens is 164 g/mol. The van der Waals surface area contributed by atoms with E-state index in [1.807, 2.05) is 0 Å². The number of hydrogen-bond donors (Lipinski definition) is 1. The second kappa shape index (κ2) is 6.54. The fraction of sp³-hybridized carbons (Fsp3) is 0.600. The van der Waals surface area contributed by atoms with Gasteiger partial charge in [0.15, 0.2) is 0 Å². The second-order valence-corrected chi connectivity index (χ2v) is 3.20. The van der Waals surface area contributed by atoms with E-state index in [1.54, 1.807) is 18.5 Å². The van der Waals surface area contributed by atoms with Gasteiger partial charge in [-0.2, -0.15) is 0 Å². The molecule has 1 aromatic heterocycles. The minimum Gasteiger partial charge on any atom is -0.393 e. The standard InChI is InChI=1S/C6H12O.C4H4N2/c7-6-4-2-1-3-5-6;1-2-5-4-6-3-1/h6-7H,1-5H2;1-4H. The molecule has 0 amide bonds. The number of aliphatic hydroxyl groups is 1. The fourth-order valence-corrected chi connectivity index (χ4v) is 1.33. The van der Waals surface area contributed by atoms with Crippen LogP contribution in [0.15, 0.2) is 24.8 Å². The first-order valence-electron chi connectivity index (χ1n) is 4.77. The predicted molar refractivity (Wildman–Crippen MR) is 51.1 cm³/mol. The summed E-state index contributed by atoms with van der Waals surface area (Å²) in [4.78, 5) is 7.35. The predicted octanol–water partition coefficient (Wildman–Crippen LogP) is 1.79. The summed E-state index contributed by atoms with van der Waals surface area (Å²) in [6.07, 6.45) is 10.8. The first-order valence-corrected chi connectivity index (χ1v) is 4.77. The molecule has 1 saturated carbocycles. The molecule has 0 bridgehead atoms. The first kappa shape index (κ1) is 10.1. The molecule has 13 heavy (non-hydrogen) atoms. The van der Waals surface area contributed by atoms with E-state index in [-0.39, 0.29) is 6.10 Å². The topological polar surface area (TPSA) is 46.0 Å². The van der Waals surface area contributed by atoms with Crippen molar-refractivity contribution in [1.29, 1.82) is 0 Å². The molecular formula is C10H16N2O. The van der Waals surface area contributed by atoms with Crippen molar-refractivity contribution in [3.8, 4) is 0 Å². The van der Waals surface area contributed by atoms with Crippen molar-refractivity contribution in [3.63, 3.8) is 0 Å². The SMILES string of the molecule is OC1CCCCC1.c1cncnc1. The molecule has 1 heterocycles. The van der Waals surface area contributed by atoms with Gasteiger partial charge in [-0.3, -0.25) is 0 Å². The molecule has 1 aliphatic carbocycles. The van der Waals surface area contributed by atoms with Crippen molar-refractivity contribution in [1.82, 2.24) is 9.97 Å². The van der Waals surface area contributed by atoms with Crippen molar-refractivity contribution >= 4 is 0 Å². The van der Waals surface area contributed by atoms with E-state index >= 15 is 0 Å². The minimum atomic E-state index is 0.0359. The Morgan fingerprint density at radius 1 is 1.00 bits per heavy atom. The molecule has 1 aromatic rings. The summed E-state index contributed by atoms with van der Waals surface area (Å²) < 4.78 is 0. The van der Waals surface area contributed by atoms with Gasteiger partial charge in [0.05, 0.1) is 6.10 Å². The van der Waals surface area contributed by atoms with Crippen LogP contribution in [0.3, 0.4) is 0 Å². The molecule has 0 unspecified atom stereocenters. The lowest BCUT2D eigenvalue weighted by molar-refractivity contribution is 0.130. The quantitative estimate of drug-likeness (QED) is 0.662. The van der Waals surface area contributed by atoms with Crippen molar-refractivity contribution in [3.05, 3.63) is 24.8 Å². The molecule has 0 radical (unpaired) electrons. The van der Waals surface area contributed by atoms with Crippen molar-refractivity contribution in [2.24, 2.45) is 0 Å². The average Bonchev–Trinajstić information content (AvgIpc) is 2.22. The largest absolute Gasteiger partial charge is 0.393 e. The molecule has 1 fully saturated rings. The van der Waals surface area contributed by atoms with Crippen LogP contribution in [0.1, 0.15) is 32.1 Å². The zero-order valence-corrected chi connectivity index (χ0v) is 7.76. The Balaban J connectivity index is 0.000000132. The van der Waals surface area contributed by atoms with Crippen LogP contribution in [-0.4, -0.2) is 21.2 Å². The Morgan fingerprint density at radius 3 is 1.85 bits per heavy atom. The molecule has 0 spiro atoms. The van der Waals surface area contributed by atoms with Crippen LogP contribution < -0.4 is 0 Å². The highest BCUT2D eigenvalue weighted by Gasteiger charge is 2.07. The van der Waals surface area contributed by atoms with Gasteiger partial charge in [0.2, 0.25) is 0 Å². The Kier molecular flexibility index (Phi) is 5.10.